The van der Waals surface area contributed by atoms with Gasteiger partial charge in [-0.25, -0.2) is 4.68 Å². The number of furan rings is 1. The van der Waals surface area contributed by atoms with Crippen molar-refractivity contribution in [2.45, 2.75) is 6.54 Å². The number of rotatable bonds is 5. The quantitative estimate of drug-likeness (QED) is 0.740. The van der Waals surface area contributed by atoms with E-state index in [0.29, 0.717) is 27.1 Å². The Morgan fingerprint density at radius 3 is 2.60 bits per heavy atom. The van der Waals surface area contributed by atoms with E-state index in [1.807, 2.05) is 0 Å². The number of aromatic nitrogens is 2. The van der Waals surface area contributed by atoms with Crippen molar-refractivity contribution in [3.63, 3.8) is 0 Å². The van der Waals surface area contributed by atoms with Crippen LogP contribution in [-0.2, 0) is 6.54 Å². The summed E-state index contributed by atoms with van der Waals surface area (Å²) in [6.45, 7) is 0.435. The molecule has 0 saturated carbocycles. The monoisotopic (exact) mass is 377 g/mol. The van der Waals surface area contributed by atoms with E-state index in [1.165, 1.54) is 29.1 Å². The van der Waals surface area contributed by atoms with Crippen LogP contribution in [0.2, 0.25) is 10.0 Å². The molecule has 0 bridgehead atoms. The smallest absolute Gasteiger partial charge is 0.266 e. The first-order valence-corrected chi connectivity index (χ1v) is 8.15. The predicted octanol–water partition coefficient (Wildman–Crippen LogP) is 3.24. The number of nitrogens with zero attached hydrogens (tertiary/aromatic N) is 2. The highest BCUT2D eigenvalue weighted by Gasteiger charge is 2.09. The number of hydrogen-bond donors (Lipinski definition) is 1. The number of carbonyl (C=O) groups is 1. The van der Waals surface area contributed by atoms with Crippen LogP contribution < -0.4 is 10.9 Å². The zero-order chi connectivity index (χ0) is 17.8. The summed E-state index contributed by atoms with van der Waals surface area (Å²) in [6.07, 6.45) is 1.53. The van der Waals surface area contributed by atoms with Crippen LogP contribution in [0.3, 0.4) is 0 Å². The molecule has 1 aromatic carbocycles. The molecule has 128 valence electrons. The van der Waals surface area contributed by atoms with Crippen LogP contribution in [-0.4, -0.2) is 22.2 Å². The molecule has 1 N–H and O–H groups in total. The lowest BCUT2D eigenvalue weighted by molar-refractivity contribution is 0.0951. The van der Waals surface area contributed by atoms with Crippen molar-refractivity contribution in [1.29, 1.82) is 0 Å². The Morgan fingerprint density at radius 2 is 1.92 bits per heavy atom. The fraction of sp³-hybridized carbons (Fsp3) is 0.118. The van der Waals surface area contributed by atoms with Crippen LogP contribution in [0, 0.1) is 0 Å². The third-order valence-corrected chi connectivity index (χ3v) is 3.81. The molecule has 6 nitrogen and oxygen atoms in total. The third-order valence-electron chi connectivity index (χ3n) is 3.37. The predicted molar refractivity (Wildman–Crippen MR) is 95.0 cm³/mol. The molecule has 1 amide bonds. The van der Waals surface area contributed by atoms with E-state index < -0.39 is 0 Å². The SMILES string of the molecule is O=C(NCCn1nc(-c2ccco2)ccc1=O)c1cc(Cl)cc(Cl)c1. The molecule has 0 radical (unpaired) electrons. The Hall–Kier alpha value is -2.57. The second kappa shape index (κ2) is 7.55. The zero-order valence-electron chi connectivity index (χ0n) is 12.9. The number of benzene rings is 1. The highest BCUT2D eigenvalue weighted by Crippen LogP contribution is 2.19. The van der Waals surface area contributed by atoms with E-state index >= 15 is 0 Å². The standard InChI is InChI=1S/C17H13Cl2N3O3/c18-12-8-11(9-13(19)10-12)17(24)20-5-6-22-16(23)4-3-14(21-22)15-2-1-7-25-15/h1-4,7-10H,5-6H2,(H,20,24). The van der Waals surface area contributed by atoms with Crippen LogP contribution in [0.5, 0.6) is 0 Å². The zero-order valence-corrected chi connectivity index (χ0v) is 14.4. The normalized spacial score (nSPS) is 10.6. The Bertz CT molecular complexity index is 932. The van der Waals surface area contributed by atoms with E-state index in [0.717, 1.165) is 0 Å². The van der Waals surface area contributed by atoms with Crippen LogP contribution in [0.15, 0.2) is 57.9 Å². The lowest BCUT2D eigenvalue weighted by Gasteiger charge is -2.08. The van der Waals surface area contributed by atoms with Gasteiger partial charge in [0.2, 0.25) is 0 Å². The van der Waals surface area contributed by atoms with Gasteiger partial charge in [-0.05, 0) is 36.4 Å². The van der Waals surface area contributed by atoms with Gasteiger partial charge in [-0.15, -0.1) is 0 Å². The molecule has 25 heavy (non-hydrogen) atoms. The van der Waals surface area contributed by atoms with Gasteiger partial charge < -0.3 is 9.73 Å². The minimum absolute atomic E-state index is 0.216. The molecular formula is C17H13Cl2N3O3. The van der Waals surface area contributed by atoms with Crippen molar-refractivity contribution in [1.82, 2.24) is 15.1 Å². The minimum Gasteiger partial charge on any atom is -0.463 e. The van der Waals surface area contributed by atoms with Crippen molar-refractivity contribution in [2.24, 2.45) is 0 Å². The molecule has 0 aliphatic heterocycles. The first-order chi connectivity index (χ1) is 12.0. The lowest BCUT2D eigenvalue weighted by Crippen LogP contribution is -2.31. The molecule has 0 fully saturated rings. The molecule has 0 aliphatic rings. The molecule has 0 aliphatic carbocycles. The average Bonchev–Trinajstić information content (AvgIpc) is 3.10. The Morgan fingerprint density at radius 1 is 1.16 bits per heavy atom. The largest absolute Gasteiger partial charge is 0.463 e. The van der Waals surface area contributed by atoms with Crippen molar-refractivity contribution in [2.75, 3.05) is 6.54 Å². The third kappa shape index (κ3) is 4.29. The molecule has 3 aromatic rings. The Balaban J connectivity index is 1.66. The van der Waals surface area contributed by atoms with Gasteiger partial charge in [0.1, 0.15) is 5.69 Å². The van der Waals surface area contributed by atoms with E-state index in [4.69, 9.17) is 27.6 Å². The van der Waals surface area contributed by atoms with Crippen molar-refractivity contribution >= 4 is 29.1 Å². The maximum atomic E-state index is 12.1. The van der Waals surface area contributed by atoms with Gasteiger partial charge in [0.25, 0.3) is 11.5 Å². The topological polar surface area (TPSA) is 77.1 Å². The average molecular weight is 378 g/mol. The molecule has 0 saturated heterocycles. The van der Waals surface area contributed by atoms with E-state index in [-0.39, 0.29) is 24.6 Å². The van der Waals surface area contributed by atoms with Gasteiger partial charge in [0.05, 0.1) is 12.8 Å². The van der Waals surface area contributed by atoms with E-state index in [9.17, 15) is 9.59 Å². The molecule has 0 unspecified atom stereocenters. The lowest BCUT2D eigenvalue weighted by atomic mass is 10.2. The van der Waals surface area contributed by atoms with Crippen molar-refractivity contribution in [3.05, 3.63) is 74.7 Å². The summed E-state index contributed by atoms with van der Waals surface area (Å²) in [7, 11) is 0. The van der Waals surface area contributed by atoms with Gasteiger partial charge in [0, 0.05) is 28.2 Å². The van der Waals surface area contributed by atoms with E-state index in [1.54, 1.807) is 24.3 Å². The van der Waals surface area contributed by atoms with Crippen LogP contribution in [0.25, 0.3) is 11.5 Å². The number of halogens is 2. The van der Waals surface area contributed by atoms with Crippen molar-refractivity contribution < 1.29 is 9.21 Å². The Labute approximate surface area is 153 Å². The molecule has 2 heterocycles. The van der Waals surface area contributed by atoms with Gasteiger partial charge in [-0.2, -0.15) is 5.10 Å². The van der Waals surface area contributed by atoms with Gasteiger partial charge in [0.15, 0.2) is 5.76 Å². The first-order valence-electron chi connectivity index (χ1n) is 7.39. The second-order valence-electron chi connectivity index (χ2n) is 5.17. The summed E-state index contributed by atoms with van der Waals surface area (Å²) in [6, 6.07) is 11.1. The van der Waals surface area contributed by atoms with Gasteiger partial charge in [-0.3, -0.25) is 9.59 Å². The van der Waals surface area contributed by atoms with E-state index in [2.05, 4.69) is 10.4 Å². The first kappa shape index (κ1) is 17.3. The Kier molecular flexibility index (Phi) is 5.21. The highest BCUT2D eigenvalue weighted by molar-refractivity contribution is 6.35. The highest BCUT2D eigenvalue weighted by atomic mass is 35.5. The van der Waals surface area contributed by atoms with Gasteiger partial charge in [-0.1, -0.05) is 23.2 Å². The maximum Gasteiger partial charge on any atom is 0.266 e. The number of nitrogens with one attached hydrogen (secondary N) is 1. The summed E-state index contributed by atoms with van der Waals surface area (Å²) < 4.78 is 6.53. The van der Waals surface area contributed by atoms with Crippen LogP contribution in [0.1, 0.15) is 10.4 Å². The fourth-order valence-corrected chi connectivity index (χ4v) is 2.75. The fourth-order valence-electron chi connectivity index (χ4n) is 2.23. The summed E-state index contributed by atoms with van der Waals surface area (Å²) in [5, 5.41) is 7.69. The summed E-state index contributed by atoms with van der Waals surface area (Å²) in [4.78, 5) is 24.0. The molecule has 0 spiro atoms. The molecule has 3 rings (SSSR count). The van der Waals surface area contributed by atoms with Crippen LogP contribution in [0.4, 0.5) is 0 Å². The maximum absolute atomic E-state index is 12.1. The number of amides is 1. The molecule has 8 heteroatoms. The molecule has 0 atom stereocenters. The van der Waals surface area contributed by atoms with Gasteiger partial charge >= 0.3 is 0 Å². The van der Waals surface area contributed by atoms with Crippen LogP contribution >= 0.6 is 23.2 Å². The molecule has 2 aromatic heterocycles. The summed E-state index contributed by atoms with van der Waals surface area (Å²) in [5.74, 6) is 0.228. The number of hydrogen-bond acceptors (Lipinski definition) is 4. The van der Waals surface area contributed by atoms with Crippen molar-refractivity contribution in [3.8, 4) is 11.5 Å². The summed E-state index contributed by atoms with van der Waals surface area (Å²) >= 11 is 11.8. The second-order valence-corrected chi connectivity index (χ2v) is 6.04. The molecular weight excluding hydrogens is 365 g/mol. The number of carbonyl (C=O) groups excluding carboxylic acids is 1. The summed E-state index contributed by atoms with van der Waals surface area (Å²) in [5.41, 5.74) is 0.620. The minimum atomic E-state index is -0.334.